The summed E-state index contributed by atoms with van der Waals surface area (Å²) in [6, 6.07) is 0. The molecule has 0 aromatic rings. The van der Waals surface area contributed by atoms with Gasteiger partial charge in [0.2, 0.25) is 0 Å². The molecule has 0 bridgehead atoms. The first-order valence-electron chi connectivity index (χ1n) is 11.9. The van der Waals surface area contributed by atoms with Crippen LogP contribution in [-0.4, -0.2) is 29.1 Å². The van der Waals surface area contributed by atoms with E-state index in [0.29, 0.717) is 12.1 Å². The van der Waals surface area contributed by atoms with Crippen molar-refractivity contribution in [3.05, 3.63) is 12.4 Å². The Balaban J connectivity index is 2.17. The lowest BCUT2D eigenvalue weighted by Gasteiger charge is -2.36. The van der Waals surface area contributed by atoms with E-state index in [-0.39, 0.29) is 0 Å². The van der Waals surface area contributed by atoms with Gasteiger partial charge >= 0.3 is 0 Å². The zero-order chi connectivity index (χ0) is 19.0. The molecule has 0 aliphatic carbocycles. The van der Waals surface area contributed by atoms with E-state index in [1.165, 1.54) is 103 Å². The molecular formula is C24H48N2. The van der Waals surface area contributed by atoms with Gasteiger partial charge in [-0.25, -0.2) is 0 Å². The molecule has 0 aromatic heterocycles. The van der Waals surface area contributed by atoms with Crippen LogP contribution in [0, 0.1) is 5.92 Å². The van der Waals surface area contributed by atoms with E-state index in [2.05, 4.69) is 49.9 Å². The molecule has 1 rings (SSSR count). The fourth-order valence-corrected chi connectivity index (χ4v) is 4.22. The Hall–Kier alpha value is -0.660. The molecule has 0 amide bonds. The minimum atomic E-state index is 0.593. The average molecular weight is 365 g/mol. The monoisotopic (exact) mass is 364 g/mol. The fraction of sp³-hybridized carbons (Fsp3) is 0.917. The van der Waals surface area contributed by atoms with Gasteiger partial charge in [-0.15, -0.1) is 0 Å². The smallest absolute Gasteiger partial charge is 0.103 e. The molecule has 0 saturated heterocycles. The molecule has 1 aliphatic heterocycles. The van der Waals surface area contributed by atoms with Gasteiger partial charge in [-0.1, -0.05) is 105 Å². The lowest BCUT2D eigenvalue weighted by Crippen LogP contribution is -2.43. The maximum atomic E-state index is 2.61. The minimum Gasteiger partial charge on any atom is -0.356 e. The second-order valence-corrected chi connectivity index (χ2v) is 8.67. The Labute approximate surface area is 165 Å². The van der Waals surface area contributed by atoms with Gasteiger partial charge in [0, 0.05) is 25.5 Å². The largest absolute Gasteiger partial charge is 0.356 e. The Morgan fingerprint density at radius 3 is 1.27 bits per heavy atom. The zero-order valence-electron chi connectivity index (χ0n) is 18.5. The number of nitrogens with zero attached hydrogens (tertiary/aromatic N) is 2. The van der Waals surface area contributed by atoms with E-state index < -0.39 is 0 Å². The Kier molecular flexibility index (Phi) is 13.9. The van der Waals surface area contributed by atoms with E-state index in [1.807, 2.05) is 0 Å². The lowest BCUT2D eigenvalue weighted by molar-refractivity contribution is 0.104. The topological polar surface area (TPSA) is 6.48 Å². The molecule has 154 valence electrons. The van der Waals surface area contributed by atoms with E-state index in [1.54, 1.807) is 0 Å². The van der Waals surface area contributed by atoms with E-state index in [4.69, 9.17) is 0 Å². The molecule has 1 heterocycles. The van der Waals surface area contributed by atoms with Crippen molar-refractivity contribution < 1.29 is 0 Å². The van der Waals surface area contributed by atoms with E-state index >= 15 is 0 Å². The number of unbranched alkanes of at least 4 members (excludes halogenated alkanes) is 12. The van der Waals surface area contributed by atoms with Crippen LogP contribution in [0.25, 0.3) is 0 Å². The average Bonchev–Trinajstić information content (AvgIpc) is 3.03. The zero-order valence-corrected chi connectivity index (χ0v) is 18.5. The SMILES string of the molecule is CCCCCCCCCN1C=CN(CCCCCCCCC)C1C(C)C. The first-order chi connectivity index (χ1) is 12.7. The van der Waals surface area contributed by atoms with Gasteiger partial charge < -0.3 is 9.80 Å². The van der Waals surface area contributed by atoms with Crippen molar-refractivity contribution in [1.29, 1.82) is 0 Å². The maximum Gasteiger partial charge on any atom is 0.103 e. The molecule has 0 spiro atoms. The Bertz CT molecular complexity index is 309. The highest BCUT2D eigenvalue weighted by molar-refractivity contribution is 4.98. The first kappa shape index (κ1) is 23.4. The summed E-state index contributed by atoms with van der Waals surface area (Å²) in [7, 11) is 0. The molecule has 1 aliphatic rings. The third kappa shape index (κ3) is 9.88. The summed E-state index contributed by atoms with van der Waals surface area (Å²) >= 11 is 0. The molecule has 0 N–H and O–H groups in total. The highest BCUT2D eigenvalue weighted by atomic mass is 15.4. The summed E-state index contributed by atoms with van der Waals surface area (Å²) in [5.74, 6) is 0.694. The third-order valence-corrected chi connectivity index (χ3v) is 5.77. The summed E-state index contributed by atoms with van der Waals surface area (Å²) in [6.45, 7) is 11.8. The van der Waals surface area contributed by atoms with Gasteiger partial charge in [-0.2, -0.15) is 0 Å². The van der Waals surface area contributed by atoms with Crippen molar-refractivity contribution in [2.24, 2.45) is 5.92 Å². The first-order valence-corrected chi connectivity index (χ1v) is 11.9. The van der Waals surface area contributed by atoms with Crippen LogP contribution in [0.1, 0.15) is 118 Å². The van der Waals surface area contributed by atoms with Gasteiger partial charge in [-0.3, -0.25) is 0 Å². The fourth-order valence-electron chi connectivity index (χ4n) is 4.22. The Morgan fingerprint density at radius 2 is 0.923 bits per heavy atom. The van der Waals surface area contributed by atoms with Crippen LogP contribution in [0.4, 0.5) is 0 Å². The number of rotatable bonds is 17. The standard InChI is InChI=1S/C24H48N2/c1-5-7-9-11-13-15-17-19-25-21-22-26(24(25)23(3)4)20-18-16-14-12-10-8-6-2/h21-24H,5-20H2,1-4H3. The lowest BCUT2D eigenvalue weighted by atomic mass is 10.1. The van der Waals surface area contributed by atoms with Crippen LogP contribution in [-0.2, 0) is 0 Å². The molecule has 0 atom stereocenters. The van der Waals surface area contributed by atoms with Crippen LogP contribution in [0.15, 0.2) is 12.4 Å². The molecule has 0 unspecified atom stereocenters. The second-order valence-electron chi connectivity index (χ2n) is 8.67. The summed E-state index contributed by atoms with van der Waals surface area (Å²) in [6.07, 6.45) is 24.9. The van der Waals surface area contributed by atoms with Crippen molar-refractivity contribution in [3.63, 3.8) is 0 Å². The van der Waals surface area contributed by atoms with Crippen molar-refractivity contribution in [2.75, 3.05) is 13.1 Å². The highest BCUT2D eigenvalue weighted by Crippen LogP contribution is 2.24. The molecule has 0 aromatic carbocycles. The summed E-state index contributed by atoms with van der Waals surface area (Å²) in [4.78, 5) is 5.22. The van der Waals surface area contributed by atoms with Gasteiger partial charge in [0.1, 0.15) is 6.17 Å². The van der Waals surface area contributed by atoms with Crippen molar-refractivity contribution >= 4 is 0 Å². The van der Waals surface area contributed by atoms with Crippen molar-refractivity contribution in [1.82, 2.24) is 9.80 Å². The van der Waals surface area contributed by atoms with E-state index in [9.17, 15) is 0 Å². The van der Waals surface area contributed by atoms with Crippen molar-refractivity contribution in [2.45, 2.75) is 124 Å². The van der Waals surface area contributed by atoms with Gasteiger partial charge in [0.05, 0.1) is 0 Å². The summed E-state index contributed by atoms with van der Waals surface area (Å²) < 4.78 is 0. The molecule has 26 heavy (non-hydrogen) atoms. The maximum absolute atomic E-state index is 2.61. The van der Waals surface area contributed by atoms with Gasteiger partial charge in [0.15, 0.2) is 0 Å². The summed E-state index contributed by atoms with van der Waals surface area (Å²) in [5, 5.41) is 0. The third-order valence-electron chi connectivity index (χ3n) is 5.77. The minimum absolute atomic E-state index is 0.593. The Morgan fingerprint density at radius 1 is 0.577 bits per heavy atom. The highest BCUT2D eigenvalue weighted by Gasteiger charge is 2.28. The van der Waals surface area contributed by atoms with Crippen LogP contribution in [0.2, 0.25) is 0 Å². The quantitative estimate of drug-likeness (QED) is 0.246. The number of hydrogen-bond acceptors (Lipinski definition) is 2. The molecule has 0 radical (unpaired) electrons. The van der Waals surface area contributed by atoms with Gasteiger partial charge in [0.25, 0.3) is 0 Å². The van der Waals surface area contributed by atoms with E-state index in [0.717, 1.165) is 0 Å². The molecule has 2 nitrogen and oxygen atoms in total. The predicted molar refractivity (Wildman–Crippen MR) is 117 cm³/mol. The molecular weight excluding hydrogens is 316 g/mol. The summed E-state index contributed by atoms with van der Waals surface area (Å²) in [5.41, 5.74) is 0. The van der Waals surface area contributed by atoms with Gasteiger partial charge in [-0.05, 0) is 18.8 Å². The molecule has 2 heteroatoms. The van der Waals surface area contributed by atoms with Crippen LogP contribution in [0.3, 0.4) is 0 Å². The second kappa shape index (κ2) is 15.4. The predicted octanol–water partition coefficient (Wildman–Crippen LogP) is 7.56. The van der Waals surface area contributed by atoms with Crippen LogP contribution >= 0.6 is 0 Å². The van der Waals surface area contributed by atoms with Crippen LogP contribution < -0.4 is 0 Å². The number of hydrogen-bond donors (Lipinski definition) is 0. The van der Waals surface area contributed by atoms with Crippen molar-refractivity contribution in [3.8, 4) is 0 Å². The normalized spacial score (nSPS) is 15.0. The van der Waals surface area contributed by atoms with Crippen LogP contribution in [0.5, 0.6) is 0 Å². The molecule has 0 saturated carbocycles. The molecule has 0 fully saturated rings.